The summed E-state index contributed by atoms with van der Waals surface area (Å²) in [7, 11) is 0. The van der Waals surface area contributed by atoms with E-state index in [0.717, 1.165) is 32.4 Å². The lowest BCUT2D eigenvalue weighted by molar-refractivity contribution is 0.0145. The molecule has 5 nitrogen and oxygen atoms in total. The van der Waals surface area contributed by atoms with E-state index in [4.69, 9.17) is 4.74 Å². The van der Waals surface area contributed by atoms with Crippen molar-refractivity contribution in [1.29, 1.82) is 0 Å². The Kier molecular flexibility index (Phi) is 7.13. The van der Waals surface area contributed by atoms with E-state index in [2.05, 4.69) is 19.2 Å². The number of ether oxygens (including phenoxy) is 1. The second kappa shape index (κ2) is 8.16. The molecule has 1 amide bonds. The van der Waals surface area contributed by atoms with Crippen LogP contribution in [0.25, 0.3) is 0 Å². The predicted octanol–water partition coefficient (Wildman–Crippen LogP) is 2.77. The second-order valence-electron chi connectivity index (χ2n) is 7.77. The van der Waals surface area contributed by atoms with Crippen molar-refractivity contribution in [2.24, 2.45) is 5.92 Å². The van der Waals surface area contributed by atoms with Gasteiger partial charge < -0.3 is 20.1 Å². The Morgan fingerprint density at radius 3 is 2.55 bits per heavy atom. The third-order valence-corrected chi connectivity index (χ3v) is 4.06. The predicted molar refractivity (Wildman–Crippen MR) is 88.9 cm³/mol. The summed E-state index contributed by atoms with van der Waals surface area (Å²) in [6.45, 7) is 13.3. The van der Waals surface area contributed by atoms with Crippen LogP contribution in [0.15, 0.2) is 0 Å². The Bertz CT molecular complexity index is 352. The van der Waals surface area contributed by atoms with Crippen LogP contribution in [0.3, 0.4) is 0 Å². The third kappa shape index (κ3) is 6.97. The molecule has 1 rings (SSSR count). The van der Waals surface area contributed by atoms with Gasteiger partial charge in [0.05, 0.1) is 6.10 Å². The van der Waals surface area contributed by atoms with E-state index in [-0.39, 0.29) is 18.2 Å². The van der Waals surface area contributed by atoms with Crippen LogP contribution in [-0.4, -0.2) is 53.0 Å². The molecule has 0 aromatic rings. The van der Waals surface area contributed by atoms with Gasteiger partial charge in [-0.25, -0.2) is 4.79 Å². The average Bonchev–Trinajstić information content (AvgIpc) is 2.35. The Morgan fingerprint density at radius 2 is 2.00 bits per heavy atom. The first-order valence-corrected chi connectivity index (χ1v) is 8.50. The number of hydrogen-bond donors (Lipinski definition) is 2. The summed E-state index contributed by atoms with van der Waals surface area (Å²) in [5.41, 5.74) is -0.445. The molecule has 1 fully saturated rings. The van der Waals surface area contributed by atoms with E-state index in [1.165, 1.54) is 0 Å². The molecule has 1 heterocycles. The molecule has 4 atom stereocenters. The molecule has 0 spiro atoms. The minimum atomic E-state index is -0.445. The van der Waals surface area contributed by atoms with Gasteiger partial charge in [0.15, 0.2) is 0 Å². The zero-order valence-corrected chi connectivity index (χ0v) is 15.1. The van der Waals surface area contributed by atoms with Crippen LogP contribution < -0.4 is 5.32 Å². The molecule has 4 unspecified atom stereocenters. The maximum Gasteiger partial charge on any atom is 0.410 e. The van der Waals surface area contributed by atoms with Gasteiger partial charge in [-0.1, -0.05) is 0 Å². The number of aliphatic hydroxyl groups is 1. The van der Waals surface area contributed by atoms with Crippen LogP contribution in [-0.2, 0) is 4.74 Å². The minimum Gasteiger partial charge on any atom is -0.444 e. The monoisotopic (exact) mass is 314 g/mol. The first kappa shape index (κ1) is 19.2. The number of rotatable bonds is 5. The lowest BCUT2D eigenvalue weighted by Crippen LogP contribution is -2.49. The Balaban J connectivity index is 2.50. The lowest BCUT2D eigenvalue weighted by Gasteiger charge is -2.37. The fourth-order valence-corrected chi connectivity index (χ4v) is 3.07. The van der Waals surface area contributed by atoms with Crippen LogP contribution in [0.2, 0.25) is 0 Å². The number of nitrogens with one attached hydrogen (secondary N) is 1. The molecule has 22 heavy (non-hydrogen) atoms. The highest BCUT2D eigenvalue weighted by Crippen LogP contribution is 2.22. The summed E-state index contributed by atoms with van der Waals surface area (Å²) >= 11 is 0. The van der Waals surface area contributed by atoms with Crippen LogP contribution in [0.1, 0.15) is 60.8 Å². The molecule has 1 aliphatic rings. The molecule has 1 saturated heterocycles. The Morgan fingerprint density at radius 1 is 1.36 bits per heavy atom. The molecule has 0 bridgehead atoms. The fraction of sp³-hybridized carbons (Fsp3) is 0.941. The van der Waals surface area contributed by atoms with Crippen molar-refractivity contribution in [3.05, 3.63) is 0 Å². The molecule has 130 valence electrons. The van der Waals surface area contributed by atoms with Gasteiger partial charge in [0.25, 0.3) is 0 Å². The number of aliphatic hydroxyl groups excluding tert-OH is 1. The van der Waals surface area contributed by atoms with E-state index >= 15 is 0 Å². The normalized spacial score (nSPS) is 23.8. The quantitative estimate of drug-likeness (QED) is 0.819. The average molecular weight is 314 g/mol. The van der Waals surface area contributed by atoms with Gasteiger partial charge in [0.1, 0.15) is 5.60 Å². The highest BCUT2D eigenvalue weighted by Gasteiger charge is 2.30. The lowest BCUT2D eigenvalue weighted by atomic mass is 9.91. The largest absolute Gasteiger partial charge is 0.444 e. The minimum absolute atomic E-state index is 0.207. The number of nitrogens with zero attached hydrogens (tertiary/aromatic N) is 1. The van der Waals surface area contributed by atoms with E-state index in [1.54, 1.807) is 0 Å². The van der Waals surface area contributed by atoms with Gasteiger partial charge in [-0.05, 0) is 66.7 Å². The first-order valence-electron chi connectivity index (χ1n) is 8.50. The molecule has 0 saturated carbocycles. The van der Waals surface area contributed by atoms with Crippen molar-refractivity contribution in [2.75, 3.05) is 13.1 Å². The second-order valence-corrected chi connectivity index (χ2v) is 7.77. The number of carbonyl (C=O) groups excluding carboxylic acids is 1. The molecule has 0 aromatic heterocycles. The Labute approximate surface area is 135 Å². The van der Waals surface area contributed by atoms with Gasteiger partial charge in [0, 0.05) is 25.2 Å². The van der Waals surface area contributed by atoms with Gasteiger partial charge in [0.2, 0.25) is 0 Å². The zero-order valence-electron chi connectivity index (χ0n) is 15.1. The highest BCUT2D eigenvalue weighted by molar-refractivity contribution is 5.68. The van der Waals surface area contributed by atoms with E-state index < -0.39 is 5.60 Å². The molecule has 0 aliphatic carbocycles. The van der Waals surface area contributed by atoms with Crippen LogP contribution in [0.5, 0.6) is 0 Å². The van der Waals surface area contributed by atoms with E-state index in [9.17, 15) is 9.90 Å². The van der Waals surface area contributed by atoms with Crippen LogP contribution >= 0.6 is 0 Å². The van der Waals surface area contributed by atoms with Crippen LogP contribution in [0.4, 0.5) is 4.79 Å². The van der Waals surface area contributed by atoms with Gasteiger partial charge >= 0.3 is 6.09 Å². The summed E-state index contributed by atoms with van der Waals surface area (Å²) in [6.07, 6.45) is 2.38. The number of carbonyl (C=O) groups is 1. The van der Waals surface area contributed by atoms with Crippen molar-refractivity contribution in [3.63, 3.8) is 0 Å². The number of amides is 1. The summed E-state index contributed by atoms with van der Waals surface area (Å²) in [5, 5.41) is 13.0. The topological polar surface area (TPSA) is 61.8 Å². The fourth-order valence-electron chi connectivity index (χ4n) is 3.07. The van der Waals surface area contributed by atoms with Crippen molar-refractivity contribution in [1.82, 2.24) is 10.2 Å². The van der Waals surface area contributed by atoms with Crippen molar-refractivity contribution in [3.8, 4) is 0 Å². The van der Waals surface area contributed by atoms with Gasteiger partial charge in [-0.3, -0.25) is 0 Å². The van der Waals surface area contributed by atoms with Gasteiger partial charge in [-0.2, -0.15) is 0 Å². The SMILES string of the molecule is CC(O)CC(C)NC(C)C1CCCN(C(=O)OC(C)(C)C)C1. The maximum atomic E-state index is 12.2. The van der Waals surface area contributed by atoms with Crippen molar-refractivity contribution >= 4 is 6.09 Å². The number of hydrogen-bond acceptors (Lipinski definition) is 4. The molecule has 2 N–H and O–H groups in total. The highest BCUT2D eigenvalue weighted by atomic mass is 16.6. The van der Waals surface area contributed by atoms with Crippen molar-refractivity contribution < 1.29 is 14.6 Å². The summed E-state index contributed by atoms with van der Waals surface area (Å²) in [6, 6.07) is 0.589. The van der Waals surface area contributed by atoms with Crippen molar-refractivity contribution in [2.45, 2.75) is 84.6 Å². The summed E-state index contributed by atoms with van der Waals surface area (Å²) < 4.78 is 5.47. The molecular formula is C17H34N2O3. The number of likely N-dealkylation sites (tertiary alicyclic amines) is 1. The molecule has 0 radical (unpaired) electrons. The maximum absolute atomic E-state index is 12.2. The van der Waals surface area contributed by atoms with Crippen LogP contribution in [0, 0.1) is 5.92 Å². The molecule has 1 aliphatic heterocycles. The number of piperidine rings is 1. The summed E-state index contributed by atoms with van der Waals surface area (Å²) in [5.74, 6) is 0.428. The standard InChI is InChI=1S/C17H34N2O3/c1-12(10-13(2)20)18-14(3)15-8-7-9-19(11-15)16(21)22-17(4,5)6/h12-15,18,20H,7-11H2,1-6H3. The zero-order chi connectivity index (χ0) is 16.9. The van der Waals surface area contributed by atoms with E-state index in [0.29, 0.717) is 12.0 Å². The van der Waals surface area contributed by atoms with Gasteiger partial charge in [-0.15, -0.1) is 0 Å². The third-order valence-electron chi connectivity index (χ3n) is 4.06. The summed E-state index contributed by atoms with van der Waals surface area (Å²) in [4.78, 5) is 14.0. The Hall–Kier alpha value is -0.810. The molecule has 5 heteroatoms. The van der Waals surface area contributed by atoms with E-state index in [1.807, 2.05) is 32.6 Å². The molecule has 0 aromatic carbocycles. The molecular weight excluding hydrogens is 280 g/mol. The first-order chi connectivity index (χ1) is 10.1. The smallest absolute Gasteiger partial charge is 0.410 e.